The van der Waals surface area contributed by atoms with E-state index in [0.29, 0.717) is 0 Å². The molecule has 0 saturated heterocycles. The molecule has 0 unspecified atom stereocenters. The van der Waals surface area contributed by atoms with Crippen molar-refractivity contribution in [3.05, 3.63) is 57.3 Å². The van der Waals surface area contributed by atoms with Crippen LogP contribution in [0, 0.1) is 3.57 Å². The minimum atomic E-state index is 1.06. The molecule has 0 saturated carbocycles. The minimum Gasteiger partial charge on any atom is -0.355 e. The Balaban J connectivity index is 1.85. The smallest absolute Gasteiger partial charge is 0.142 e. The second kappa shape index (κ2) is 5.26. The Labute approximate surface area is 121 Å². The molecule has 2 nitrogen and oxygen atoms in total. The summed E-state index contributed by atoms with van der Waals surface area (Å²) in [5, 5.41) is 0. The maximum absolute atomic E-state index is 4.52. The first-order valence-electron chi connectivity index (χ1n) is 6.27. The summed E-state index contributed by atoms with van der Waals surface area (Å²) < 4.78 is 1.24. The Hall–Kier alpha value is -1.10. The molecule has 1 aromatic carbocycles. The lowest BCUT2D eigenvalue weighted by Crippen LogP contribution is -2.27. The lowest BCUT2D eigenvalue weighted by Gasteiger charge is -2.22. The number of nitrogens with zero attached hydrogens (tertiary/aromatic N) is 2. The quantitative estimate of drug-likeness (QED) is 0.734. The first-order chi connectivity index (χ1) is 8.84. The number of pyridine rings is 1. The topological polar surface area (TPSA) is 16.1 Å². The lowest BCUT2D eigenvalue weighted by atomic mass is 10.0. The fraction of sp³-hybridized carbons (Fsp3) is 0.267. The zero-order valence-electron chi connectivity index (χ0n) is 10.1. The monoisotopic (exact) mass is 350 g/mol. The van der Waals surface area contributed by atoms with E-state index < -0.39 is 0 Å². The zero-order chi connectivity index (χ0) is 12.4. The maximum atomic E-state index is 4.52. The molecule has 0 aliphatic carbocycles. The van der Waals surface area contributed by atoms with Crippen LogP contribution in [0.1, 0.15) is 11.1 Å². The third kappa shape index (κ3) is 2.36. The third-order valence-electron chi connectivity index (χ3n) is 3.46. The number of benzene rings is 1. The predicted octanol–water partition coefficient (Wildman–Crippen LogP) is 3.29. The zero-order valence-corrected chi connectivity index (χ0v) is 12.3. The summed E-state index contributed by atoms with van der Waals surface area (Å²) in [5.41, 5.74) is 2.98. The summed E-state index contributed by atoms with van der Waals surface area (Å²) in [6, 6.07) is 12.9. The van der Waals surface area contributed by atoms with E-state index in [2.05, 4.69) is 62.8 Å². The molecule has 0 N–H and O–H groups in total. The number of rotatable bonds is 1. The van der Waals surface area contributed by atoms with Crippen LogP contribution in [0.4, 0.5) is 5.82 Å². The molecular formula is C15H15IN2. The highest BCUT2D eigenvalue weighted by Gasteiger charge is 2.16. The number of halogens is 1. The molecule has 2 aromatic rings. The van der Waals surface area contributed by atoms with Gasteiger partial charge in [-0.25, -0.2) is 4.98 Å². The van der Waals surface area contributed by atoms with Gasteiger partial charge in [-0.1, -0.05) is 24.3 Å². The second-order valence-electron chi connectivity index (χ2n) is 4.56. The van der Waals surface area contributed by atoms with E-state index >= 15 is 0 Å². The van der Waals surface area contributed by atoms with Crippen LogP contribution in [0.3, 0.4) is 0 Å². The van der Waals surface area contributed by atoms with E-state index in [1.54, 1.807) is 0 Å². The first kappa shape index (κ1) is 12.0. The van der Waals surface area contributed by atoms with E-state index in [1.165, 1.54) is 14.7 Å². The van der Waals surface area contributed by atoms with Crippen molar-refractivity contribution >= 4 is 28.4 Å². The molecule has 92 valence electrons. The van der Waals surface area contributed by atoms with Crippen LogP contribution >= 0.6 is 22.6 Å². The SMILES string of the molecule is Ic1cccnc1N1CCc2ccccc2CC1. The molecule has 3 rings (SSSR count). The molecule has 0 atom stereocenters. The number of aromatic nitrogens is 1. The van der Waals surface area contributed by atoms with Crippen LogP contribution in [-0.2, 0) is 12.8 Å². The third-order valence-corrected chi connectivity index (χ3v) is 4.30. The van der Waals surface area contributed by atoms with Gasteiger partial charge in [-0.3, -0.25) is 0 Å². The molecule has 1 aromatic heterocycles. The maximum Gasteiger partial charge on any atom is 0.142 e. The van der Waals surface area contributed by atoms with Crippen molar-refractivity contribution < 1.29 is 0 Å². The van der Waals surface area contributed by atoms with Crippen molar-refractivity contribution in [2.24, 2.45) is 0 Å². The van der Waals surface area contributed by atoms with Gasteiger partial charge in [-0.15, -0.1) is 0 Å². The molecule has 2 heterocycles. The van der Waals surface area contributed by atoms with Gasteiger partial charge in [-0.05, 0) is 58.7 Å². The fourth-order valence-electron chi connectivity index (χ4n) is 2.49. The summed E-state index contributed by atoms with van der Waals surface area (Å²) >= 11 is 2.37. The van der Waals surface area contributed by atoms with Crippen molar-refractivity contribution in [1.29, 1.82) is 0 Å². The van der Waals surface area contributed by atoms with Crippen LogP contribution < -0.4 is 4.90 Å². The summed E-state index contributed by atoms with van der Waals surface area (Å²) in [6.07, 6.45) is 4.11. The van der Waals surface area contributed by atoms with Gasteiger partial charge in [0, 0.05) is 19.3 Å². The van der Waals surface area contributed by atoms with Crippen LogP contribution in [-0.4, -0.2) is 18.1 Å². The van der Waals surface area contributed by atoms with Gasteiger partial charge in [0.1, 0.15) is 5.82 Å². The molecule has 0 fully saturated rings. The van der Waals surface area contributed by atoms with Crippen LogP contribution in [0.5, 0.6) is 0 Å². The Morgan fingerprint density at radius 3 is 2.22 bits per heavy atom. The molecule has 0 bridgehead atoms. The Kier molecular flexibility index (Phi) is 3.50. The number of fused-ring (bicyclic) bond motifs is 1. The van der Waals surface area contributed by atoms with Crippen molar-refractivity contribution in [3.8, 4) is 0 Å². The van der Waals surface area contributed by atoms with E-state index in [-0.39, 0.29) is 0 Å². The molecule has 1 aliphatic heterocycles. The number of hydrogen-bond acceptors (Lipinski definition) is 2. The molecule has 18 heavy (non-hydrogen) atoms. The van der Waals surface area contributed by atoms with Crippen LogP contribution in [0.2, 0.25) is 0 Å². The summed E-state index contributed by atoms with van der Waals surface area (Å²) in [5.74, 6) is 1.13. The van der Waals surface area contributed by atoms with Crippen molar-refractivity contribution in [1.82, 2.24) is 4.98 Å². The molecule has 3 heteroatoms. The summed E-state index contributed by atoms with van der Waals surface area (Å²) in [6.45, 7) is 2.12. The van der Waals surface area contributed by atoms with Gasteiger partial charge in [0.25, 0.3) is 0 Å². The fourth-order valence-corrected chi connectivity index (χ4v) is 3.18. The summed E-state index contributed by atoms with van der Waals surface area (Å²) in [4.78, 5) is 6.93. The molecule has 0 amide bonds. The van der Waals surface area contributed by atoms with E-state index in [9.17, 15) is 0 Å². The highest BCUT2D eigenvalue weighted by Crippen LogP contribution is 2.23. The normalized spacial score (nSPS) is 15.1. The van der Waals surface area contributed by atoms with E-state index in [4.69, 9.17) is 0 Å². The van der Waals surface area contributed by atoms with Crippen molar-refractivity contribution in [2.75, 3.05) is 18.0 Å². The predicted molar refractivity (Wildman–Crippen MR) is 83.0 cm³/mol. The molecule has 0 spiro atoms. The Bertz CT molecular complexity index is 527. The van der Waals surface area contributed by atoms with Gasteiger partial charge in [0.2, 0.25) is 0 Å². The highest BCUT2D eigenvalue weighted by molar-refractivity contribution is 14.1. The largest absolute Gasteiger partial charge is 0.355 e. The average Bonchev–Trinajstić information content (AvgIpc) is 2.62. The van der Waals surface area contributed by atoms with Crippen LogP contribution in [0.25, 0.3) is 0 Å². The van der Waals surface area contributed by atoms with Crippen molar-refractivity contribution in [3.63, 3.8) is 0 Å². The average molecular weight is 350 g/mol. The number of anilines is 1. The molecule has 1 aliphatic rings. The van der Waals surface area contributed by atoms with Crippen LogP contribution in [0.15, 0.2) is 42.6 Å². The summed E-state index contributed by atoms with van der Waals surface area (Å²) in [7, 11) is 0. The molecule has 0 radical (unpaired) electrons. The van der Waals surface area contributed by atoms with E-state index in [1.807, 2.05) is 12.3 Å². The minimum absolute atomic E-state index is 1.06. The van der Waals surface area contributed by atoms with Gasteiger partial charge in [-0.2, -0.15) is 0 Å². The lowest BCUT2D eigenvalue weighted by molar-refractivity contribution is 0.788. The number of hydrogen-bond donors (Lipinski definition) is 0. The first-order valence-corrected chi connectivity index (χ1v) is 7.35. The van der Waals surface area contributed by atoms with Crippen molar-refractivity contribution in [2.45, 2.75) is 12.8 Å². The Morgan fingerprint density at radius 1 is 0.944 bits per heavy atom. The molecular weight excluding hydrogens is 335 g/mol. The van der Waals surface area contributed by atoms with E-state index in [0.717, 1.165) is 31.7 Å². The van der Waals surface area contributed by atoms with Gasteiger partial charge < -0.3 is 4.90 Å². The standard InChI is InChI=1S/C15H15IN2/c16-14-6-3-9-17-15(14)18-10-7-12-4-1-2-5-13(12)8-11-18/h1-6,9H,7-8,10-11H2. The van der Waals surface area contributed by atoms with Gasteiger partial charge in [0.05, 0.1) is 3.57 Å². The van der Waals surface area contributed by atoms with Gasteiger partial charge >= 0.3 is 0 Å². The second-order valence-corrected chi connectivity index (χ2v) is 5.73. The van der Waals surface area contributed by atoms with Gasteiger partial charge in [0.15, 0.2) is 0 Å². The highest BCUT2D eigenvalue weighted by atomic mass is 127. The Morgan fingerprint density at radius 2 is 1.61 bits per heavy atom.